The van der Waals surface area contributed by atoms with E-state index < -0.39 is 34.3 Å². The van der Waals surface area contributed by atoms with E-state index in [1.54, 1.807) is 25.1 Å². The summed E-state index contributed by atoms with van der Waals surface area (Å²) in [6.45, 7) is 5.71. The molecule has 2 aliphatic rings. The standard InChI is InChI=1S/C29H27N3O9/c1-12-24(35)22(14(3)33)26-23(25(12)36)29(4)19(40-26)10-16(34)21(27(29)37)13(2)30-11-20-31-28(32-41-20)15-7-8-17(38-5)18(9-15)39-6/h7-10,30,35-36H,11H2,1-6H3. The molecule has 0 spiro atoms. The largest absolute Gasteiger partial charge is 0.507 e. The third kappa shape index (κ3) is 4.10. The van der Waals surface area contributed by atoms with Gasteiger partial charge in [0.25, 0.3) is 0 Å². The van der Waals surface area contributed by atoms with Gasteiger partial charge < -0.3 is 34.3 Å². The van der Waals surface area contributed by atoms with Crippen LogP contribution in [0.1, 0.15) is 48.1 Å². The van der Waals surface area contributed by atoms with Gasteiger partial charge in [-0.2, -0.15) is 4.98 Å². The van der Waals surface area contributed by atoms with Gasteiger partial charge in [-0.15, -0.1) is 0 Å². The van der Waals surface area contributed by atoms with E-state index in [9.17, 15) is 24.6 Å². The molecule has 212 valence electrons. The third-order valence-corrected chi connectivity index (χ3v) is 7.37. The molecule has 12 nitrogen and oxygen atoms in total. The highest BCUT2D eigenvalue weighted by Gasteiger charge is 2.56. The van der Waals surface area contributed by atoms with Crippen LogP contribution in [0.5, 0.6) is 28.7 Å². The number of ketones is 3. The lowest BCUT2D eigenvalue weighted by Crippen LogP contribution is -2.41. The van der Waals surface area contributed by atoms with Crippen LogP contribution in [0.25, 0.3) is 11.4 Å². The van der Waals surface area contributed by atoms with Gasteiger partial charge in [-0.3, -0.25) is 14.4 Å². The zero-order chi connectivity index (χ0) is 29.8. The number of Topliss-reactive ketones (excluding diaryl/α,β-unsaturated/α-hetero) is 2. The van der Waals surface area contributed by atoms with Gasteiger partial charge >= 0.3 is 0 Å². The number of rotatable bonds is 7. The van der Waals surface area contributed by atoms with E-state index in [-0.39, 0.29) is 51.9 Å². The van der Waals surface area contributed by atoms with Crippen molar-refractivity contribution in [3.05, 3.63) is 63.9 Å². The Labute approximate surface area is 234 Å². The summed E-state index contributed by atoms with van der Waals surface area (Å²) in [4.78, 5) is 43.7. The van der Waals surface area contributed by atoms with Crippen molar-refractivity contribution >= 4 is 17.3 Å². The molecule has 0 bridgehead atoms. The lowest BCUT2D eigenvalue weighted by Gasteiger charge is -2.29. The zero-order valence-electron chi connectivity index (χ0n) is 23.2. The predicted molar refractivity (Wildman–Crippen MR) is 143 cm³/mol. The molecule has 3 aromatic rings. The first-order chi connectivity index (χ1) is 19.4. The van der Waals surface area contributed by atoms with E-state index in [0.717, 1.165) is 6.08 Å². The Hall–Kier alpha value is -5.13. The van der Waals surface area contributed by atoms with E-state index in [4.69, 9.17) is 18.7 Å². The fourth-order valence-electron chi connectivity index (χ4n) is 5.08. The first kappa shape index (κ1) is 27.4. The number of carbonyl (C=O) groups is 3. The molecule has 0 radical (unpaired) electrons. The number of hydrogen-bond acceptors (Lipinski definition) is 12. The van der Waals surface area contributed by atoms with Crippen molar-refractivity contribution in [1.82, 2.24) is 15.5 Å². The Balaban J connectivity index is 1.46. The van der Waals surface area contributed by atoms with Crippen molar-refractivity contribution in [3.8, 4) is 40.1 Å². The highest BCUT2D eigenvalue weighted by Crippen LogP contribution is 2.57. The van der Waals surface area contributed by atoms with E-state index in [1.807, 2.05) is 0 Å². The van der Waals surface area contributed by atoms with Crippen LogP contribution >= 0.6 is 0 Å². The van der Waals surface area contributed by atoms with Crippen LogP contribution in [0, 0.1) is 6.92 Å². The molecule has 1 atom stereocenters. The smallest absolute Gasteiger partial charge is 0.246 e. The molecule has 12 heteroatoms. The van der Waals surface area contributed by atoms with Gasteiger partial charge in [0.15, 0.2) is 28.8 Å². The van der Waals surface area contributed by atoms with E-state index in [0.29, 0.717) is 22.9 Å². The van der Waals surface area contributed by atoms with Gasteiger partial charge in [0.1, 0.15) is 34.0 Å². The van der Waals surface area contributed by atoms with Gasteiger partial charge in [0.05, 0.1) is 31.9 Å². The van der Waals surface area contributed by atoms with Gasteiger partial charge in [0.2, 0.25) is 11.7 Å². The molecule has 41 heavy (non-hydrogen) atoms. The van der Waals surface area contributed by atoms with Crippen molar-refractivity contribution in [1.29, 1.82) is 0 Å². The van der Waals surface area contributed by atoms with E-state index in [2.05, 4.69) is 15.5 Å². The van der Waals surface area contributed by atoms with Crippen LogP contribution in [-0.4, -0.2) is 51.9 Å². The maximum atomic E-state index is 13.9. The number of hydrogen-bond donors (Lipinski definition) is 3. The number of ether oxygens (including phenoxy) is 3. The van der Waals surface area contributed by atoms with Gasteiger partial charge in [-0.25, -0.2) is 0 Å². The van der Waals surface area contributed by atoms with E-state index >= 15 is 0 Å². The molecular weight excluding hydrogens is 534 g/mol. The number of carbonyl (C=O) groups excluding carboxylic acids is 3. The first-order valence-electron chi connectivity index (χ1n) is 12.5. The number of methoxy groups -OCH3 is 2. The molecule has 3 N–H and O–H groups in total. The number of aromatic hydroxyl groups is 2. The number of fused-ring (bicyclic) bond motifs is 3. The van der Waals surface area contributed by atoms with Crippen LogP contribution in [0.2, 0.25) is 0 Å². The third-order valence-electron chi connectivity index (χ3n) is 7.37. The Morgan fingerprint density at radius 3 is 2.46 bits per heavy atom. The quantitative estimate of drug-likeness (QED) is 0.218. The summed E-state index contributed by atoms with van der Waals surface area (Å²) in [5.41, 5.74) is -1.05. The first-order valence-corrected chi connectivity index (χ1v) is 12.5. The number of benzene rings is 2. The molecule has 0 fully saturated rings. The Morgan fingerprint density at radius 1 is 1.10 bits per heavy atom. The molecule has 0 saturated heterocycles. The number of nitrogens with one attached hydrogen (secondary N) is 1. The zero-order valence-corrected chi connectivity index (χ0v) is 23.2. The van der Waals surface area contributed by atoms with Crippen LogP contribution in [0.15, 0.2) is 45.8 Å². The Morgan fingerprint density at radius 2 is 1.80 bits per heavy atom. The summed E-state index contributed by atoms with van der Waals surface area (Å²) >= 11 is 0. The van der Waals surface area contributed by atoms with Gasteiger partial charge in [-0.1, -0.05) is 5.16 Å². The fourth-order valence-corrected chi connectivity index (χ4v) is 5.08. The summed E-state index contributed by atoms with van der Waals surface area (Å²) in [5.74, 6) is -1.29. The summed E-state index contributed by atoms with van der Waals surface area (Å²) in [6.07, 6.45) is 1.15. The maximum Gasteiger partial charge on any atom is 0.246 e. The Kier molecular flexibility index (Phi) is 6.56. The second-order valence-electron chi connectivity index (χ2n) is 9.82. The molecule has 5 rings (SSSR count). The second kappa shape index (κ2) is 9.81. The molecule has 0 saturated carbocycles. The number of phenolic OH excluding ortho intramolecular Hbond substituents is 2. The van der Waals surface area contributed by atoms with Gasteiger partial charge in [-0.05, 0) is 45.9 Å². The summed E-state index contributed by atoms with van der Waals surface area (Å²) in [7, 11) is 3.04. The molecular formula is C29H27N3O9. The molecule has 1 aliphatic heterocycles. The summed E-state index contributed by atoms with van der Waals surface area (Å²) < 4.78 is 21.7. The number of aromatic nitrogens is 2. The highest BCUT2D eigenvalue weighted by atomic mass is 16.5. The van der Waals surface area contributed by atoms with Crippen LogP contribution in [0.3, 0.4) is 0 Å². The predicted octanol–water partition coefficient (Wildman–Crippen LogP) is 3.43. The fraction of sp³-hybridized carbons (Fsp3) is 0.276. The SMILES string of the molecule is COc1ccc(-c2noc(CNC(C)=C3C(=O)C=C4Oc5c(C(C)=O)c(O)c(C)c(O)c5C4(C)C3=O)n2)cc1OC. The minimum Gasteiger partial charge on any atom is -0.507 e. The highest BCUT2D eigenvalue weighted by molar-refractivity contribution is 6.31. The molecule has 0 amide bonds. The van der Waals surface area contributed by atoms with Crippen molar-refractivity contribution in [3.63, 3.8) is 0 Å². The number of phenols is 2. The lowest BCUT2D eigenvalue weighted by molar-refractivity contribution is -0.123. The topological polar surface area (TPSA) is 170 Å². The maximum absolute atomic E-state index is 13.9. The minimum atomic E-state index is -1.61. The number of allylic oxidation sites excluding steroid dienone is 4. The minimum absolute atomic E-state index is 0.00324. The molecule has 2 aromatic carbocycles. The van der Waals surface area contributed by atoms with Crippen LogP contribution < -0.4 is 19.5 Å². The van der Waals surface area contributed by atoms with Crippen LogP contribution in [-0.2, 0) is 21.5 Å². The Bertz CT molecular complexity index is 1720. The van der Waals surface area contributed by atoms with Crippen LogP contribution in [0.4, 0.5) is 0 Å². The average molecular weight is 562 g/mol. The summed E-state index contributed by atoms with van der Waals surface area (Å²) in [5, 5.41) is 28.4. The van der Waals surface area contributed by atoms with Crippen molar-refractivity contribution in [2.24, 2.45) is 0 Å². The van der Waals surface area contributed by atoms with Crippen molar-refractivity contribution in [2.75, 3.05) is 14.2 Å². The van der Waals surface area contributed by atoms with Crippen molar-refractivity contribution in [2.45, 2.75) is 39.7 Å². The number of nitrogens with zero attached hydrogens (tertiary/aromatic N) is 2. The normalized spacial score (nSPS) is 18.7. The summed E-state index contributed by atoms with van der Waals surface area (Å²) in [6, 6.07) is 5.16. The van der Waals surface area contributed by atoms with E-state index in [1.165, 1.54) is 35.0 Å². The van der Waals surface area contributed by atoms with Crippen molar-refractivity contribution < 1.29 is 43.3 Å². The molecule has 1 aliphatic carbocycles. The second-order valence-corrected chi connectivity index (χ2v) is 9.82. The lowest BCUT2D eigenvalue weighted by atomic mass is 9.70. The molecule has 1 unspecified atom stereocenters. The molecule has 1 aromatic heterocycles. The van der Waals surface area contributed by atoms with Gasteiger partial charge in [0, 0.05) is 22.9 Å². The average Bonchev–Trinajstić information content (AvgIpc) is 3.53. The monoisotopic (exact) mass is 561 g/mol. The molecule has 2 heterocycles.